The predicted octanol–water partition coefficient (Wildman–Crippen LogP) is -1.31. The lowest BCUT2D eigenvalue weighted by Crippen LogP contribution is -2.42. The predicted molar refractivity (Wildman–Crippen MR) is 112 cm³/mol. The van der Waals surface area contributed by atoms with E-state index in [1.807, 2.05) is 0 Å². The zero-order valence-electron chi connectivity index (χ0n) is 17.8. The van der Waals surface area contributed by atoms with Gasteiger partial charge in [-0.15, -0.1) is 0 Å². The molecule has 3 unspecified atom stereocenters. The van der Waals surface area contributed by atoms with Crippen LogP contribution in [0.3, 0.4) is 0 Å². The number of phosphoric acid groups is 3. The molecule has 35 heavy (non-hydrogen) atoms. The molecule has 1 fully saturated rings. The van der Waals surface area contributed by atoms with Gasteiger partial charge in [-0.25, -0.2) is 18.7 Å². The Hall–Kier alpha value is -1.56. The van der Waals surface area contributed by atoms with Crippen LogP contribution >= 0.6 is 23.5 Å². The Morgan fingerprint density at radius 1 is 1.11 bits per heavy atom. The first kappa shape index (κ1) is 28.0. The van der Waals surface area contributed by atoms with E-state index in [4.69, 9.17) is 24.8 Å². The maximum atomic E-state index is 12.3. The Morgan fingerprint density at radius 2 is 1.74 bits per heavy atom. The second-order valence-electron chi connectivity index (χ2n) is 7.65. The summed E-state index contributed by atoms with van der Waals surface area (Å²) in [6, 6.07) is 0. The molecule has 0 aliphatic carbocycles. The molecule has 0 radical (unpaired) electrons. The summed E-state index contributed by atoms with van der Waals surface area (Å²) in [6.45, 7) is 2.86. The van der Waals surface area contributed by atoms with E-state index in [1.165, 1.54) is 13.8 Å². The van der Waals surface area contributed by atoms with Gasteiger partial charge in [0.05, 0.1) is 6.33 Å². The summed E-state index contributed by atoms with van der Waals surface area (Å²) in [6.07, 6.45) is -7.05. The molecule has 1 aliphatic rings. The van der Waals surface area contributed by atoms with Crippen molar-refractivity contribution in [2.24, 2.45) is 5.92 Å². The van der Waals surface area contributed by atoms with Crippen molar-refractivity contribution >= 4 is 40.6 Å². The zero-order chi connectivity index (χ0) is 26.5. The second kappa shape index (κ2) is 9.72. The highest BCUT2D eigenvalue weighted by molar-refractivity contribution is 7.66. The molecule has 0 amide bonds. The fraction of sp³-hybridized carbons (Fsp3) is 0.615. The molecule has 3 heterocycles. The Kier molecular flexibility index (Phi) is 7.78. The Labute approximate surface area is 194 Å². The highest BCUT2D eigenvalue weighted by Gasteiger charge is 2.51. The number of nitrogens with two attached hydrogens (primary N) is 1. The Balaban J connectivity index is 1.87. The number of aliphatic hydroxyl groups is 2. The third-order valence-electron chi connectivity index (χ3n) is 4.65. The third kappa shape index (κ3) is 6.42. The van der Waals surface area contributed by atoms with Gasteiger partial charge in [0.1, 0.15) is 24.4 Å². The average molecular weight is 565 g/mol. The number of rotatable bonds is 9. The number of hydrogen-bond acceptors (Lipinski definition) is 13. The minimum absolute atomic E-state index is 0.114. The van der Waals surface area contributed by atoms with E-state index in [2.05, 4.69) is 23.6 Å². The topological polar surface area (TPSA) is 299 Å². The number of aliphatic hydroxyl groups excluding tert-OH is 2. The molecular formula is C13H22N5O14P3. The Bertz CT molecular complexity index is 1290. The largest absolute Gasteiger partial charge is 0.490 e. The van der Waals surface area contributed by atoms with Crippen molar-refractivity contribution in [1.29, 1.82) is 0 Å². The van der Waals surface area contributed by atoms with E-state index < -0.39 is 65.6 Å². The van der Waals surface area contributed by atoms with Crippen LogP contribution in [0.5, 0.6) is 0 Å². The minimum Gasteiger partial charge on any atom is -0.387 e. The summed E-state index contributed by atoms with van der Waals surface area (Å²) in [4.78, 5) is 58.5. The van der Waals surface area contributed by atoms with E-state index in [-0.39, 0.29) is 17.1 Å². The number of imidazole rings is 1. The standard InChI is InChI=1S/C13H22N5O14P3/c1-4(2)8(30-34(25,26)32-35(27,28)31-33(22,23)24)9-6(19)7(20)12(29-9)18-3-15-5-10(18)16-13(14)17-11(5)21/h3-4,6-9,12,19-20H,1-2H3,(H,25,26)(H,27,28)(H2,22,23,24)(H3,14,16,17,21)/t6-,7+,8?,9-,12+/m0/s1. The van der Waals surface area contributed by atoms with Crippen molar-refractivity contribution in [3.63, 3.8) is 0 Å². The first-order valence-corrected chi connectivity index (χ1v) is 14.0. The molecule has 9 N–H and O–H groups in total. The SMILES string of the molecule is CC(C)C(OP(=O)(O)OP(=O)(O)OP(=O)(O)O)[C@H]1O[C@@H](n2cnc3c(=O)[nH]c(N)nc32)[C@H](O)[C@@H]1O. The van der Waals surface area contributed by atoms with Gasteiger partial charge in [0.2, 0.25) is 5.95 Å². The number of nitrogens with zero attached hydrogens (tertiary/aromatic N) is 3. The molecule has 1 saturated heterocycles. The highest BCUT2D eigenvalue weighted by Crippen LogP contribution is 2.67. The molecule has 0 saturated carbocycles. The summed E-state index contributed by atoms with van der Waals surface area (Å²) >= 11 is 0. The molecule has 19 nitrogen and oxygen atoms in total. The normalized spacial score (nSPS) is 27.7. The van der Waals surface area contributed by atoms with Crippen molar-refractivity contribution in [1.82, 2.24) is 19.5 Å². The Morgan fingerprint density at radius 3 is 2.31 bits per heavy atom. The lowest BCUT2D eigenvalue weighted by atomic mass is 9.97. The number of aromatic nitrogens is 4. The van der Waals surface area contributed by atoms with E-state index in [0.29, 0.717) is 0 Å². The molecule has 0 aromatic carbocycles. The summed E-state index contributed by atoms with van der Waals surface area (Å²) in [5.74, 6) is -1.05. The van der Waals surface area contributed by atoms with Crippen LogP contribution in [0.15, 0.2) is 11.1 Å². The first-order chi connectivity index (χ1) is 15.9. The fourth-order valence-electron chi connectivity index (χ4n) is 3.33. The number of nitrogen functional groups attached to an aromatic ring is 1. The van der Waals surface area contributed by atoms with Crippen LogP contribution in [0.1, 0.15) is 20.1 Å². The van der Waals surface area contributed by atoms with Gasteiger partial charge in [-0.2, -0.15) is 13.6 Å². The third-order valence-corrected chi connectivity index (χ3v) is 8.49. The van der Waals surface area contributed by atoms with E-state index >= 15 is 0 Å². The number of ether oxygens (including phenoxy) is 1. The maximum Gasteiger partial charge on any atom is 0.490 e. The van der Waals surface area contributed by atoms with Gasteiger partial charge in [0, 0.05) is 0 Å². The van der Waals surface area contributed by atoms with Crippen LogP contribution in [-0.2, 0) is 31.6 Å². The average Bonchev–Trinajstić information content (AvgIpc) is 3.18. The first-order valence-electron chi connectivity index (χ1n) is 9.47. The van der Waals surface area contributed by atoms with Crippen molar-refractivity contribution in [3.8, 4) is 0 Å². The monoisotopic (exact) mass is 565 g/mol. The minimum atomic E-state index is -5.79. The summed E-state index contributed by atoms with van der Waals surface area (Å²) < 4.78 is 53.6. The lowest BCUT2D eigenvalue weighted by molar-refractivity contribution is -0.0930. The number of H-pyrrole nitrogens is 1. The van der Waals surface area contributed by atoms with Gasteiger partial charge in [-0.05, 0) is 5.92 Å². The van der Waals surface area contributed by atoms with Crippen molar-refractivity contribution in [2.75, 3.05) is 5.73 Å². The number of fused-ring (bicyclic) bond motifs is 1. The molecule has 2 aromatic rings. The molecule has 7 atom stereocenters. The number of nitrogens with one attached hydrogen (secondary N) is 1. The van der Waals surface area contributed by atoms with E-state index in [9.17, 15) is 38.5 Å². The van der Waals surface area contributed by atoms with Gasteiger partial charge in [0.15, 0.2) is 17.4 Å². The second-order valence-corrected chi connectivity index (χ2v) is 12.0. The summed E-state index contributed by atoms with van der Waals surface area (Å²) in [7, 11) is -17.0. The number of phosphoric ester groups is 1. The molecule has 1 aliphatic heterocycles. The van der Waals surface area contributed by atoms with Crippen LogP contribution in [-0.4, -0.2) is 73.7 Å². The fourth-order valence-corrected chi connectivity index (χ4v) is 6.66. The van der Waals surface area contributed by atoms with Crippen LogP contribution in [0.4, 0.5) is 5.95 Å². The molecule has 198 valence electrons. The van der Waals surface area contributed by atoms with Crippen LogP contribution in [0.2, 0.25) is 0 Å². The van der Waals surface area contributed by atoms with Crippen molar-refractivity contribution < 1.29 is 61.4 Å². The van der Waals surface area contributed by atoms with Crippen LogP contribution < -0.4 is 11.3 Å². The lowest BCUT2D eigenvalue weighted by Gasteiger charge is -2.30. The molecule has 0 bridgehead atoms. The molecule has 0 spiro atoms. The molecular weight excluding hydrogens is 543 g/mol. The zero-order valence-corrected chi connectivity index (χ0v) is 20.4. The van der Waals surface area contributed by atoms with Gasteiger partial charge in [0.25, 0.3) is 5.56 Å². The maximum absolute atomic E-state index is 12.3. The van der Waals surface area contributed by atoms with Gasteiger partial charge in [-0.3, -0.25) is 18.9 Å². The van der Waals surface area contributed by atoms with Crippen LogP contribution in [0.25, 0.3) is 11.2 Å². The molecule has 22 heteroatoms. The van der Waals surface area contributed by atoms with Crippen molar-refractivity contribution in [2.45, 2.75) is 44.5 Å². The smallest absolute Gasteiger partial charge is 0.387 e. The molecule has 3 rings (SSSR count). The number of hydrogen-bond donors (Lipinski definition) is 8. The number of aromatic amines is 1. The van der Waals surface area contributed by atoms with Gasteiger partial charge < -0.3 is 40.3 Å². The van der Waals surface area contributed by atoms with Gasteiger partial charge in [-0.1, -0.05) is 13.8 Å². The summed E-state index contributed by atoms with van der Waals surface area (Å²) in [5, 5.41) is 21.1. The highest BCUT2D eigenvalue weighted by atomic mass is 31.3. The quantitative estimate of drug-likeness (QED) is 0.164. The van der Waals surface area contributed by atoms with Crippen LogP contribution in [0, 0.1) is 5.92 Å². The van der Waals surface area contributed by atoms with E-state index in [1.54, 1.807) is 0 Å². The molecule has 2 aromatic heterocycles. The van der Waals surface area contributed by atoms with Gasteiger partial charge >= 0.3 is 23.5 Å². The number of anilines is 1. The van der Waals surface area contributed by atoms with Crippen molar-refractivity contribution in [3.05, 3.63) is 16.7 Å². The van der Waals surface area contributed by atoms with E-state index in [0.717, 1.165) is 10.9 Å². The summed E-state index contributed by atoms with van der Waals surface area (Å²) in [5.41, 5.74) is 4.56.